The Kier molecular flexibility index (Phi) is 6.47. The molecule has 1 aliphatic heterocycles. The van der Waals surface area contributed by atoms with Gasteiger partial charge in [0.2, 0.25) is 0 Å². The van der Waals surface area contributed by atoms with Gasteiger partial charge >= 0.3 is 6.03 Å². The molecule has 3 aromatic carbocycles. The number of aromatic nitrogens is 3. The van der Waals surface area contributed by atoms with Crippen LogP contribution in [0.15, 0.2) is 91.1 Å². The summed E-state index contributed by atoms with van der Waals surface area (Å²) in [5.74, 6) is 1.53. The van der Waals surface area contributed by atoms with Gasteiger partial charge in [-0.05, 0) is 61.0 Å². The van der Waals surface area contributed by atoms with Crippen molar-refractivity contribution in [2.75, 3.05) is 19.5 Å². The molecule has 0 radical (unpaired) electrons. The van der Waals surface area contributed by atoms with Crippen molar-refractivity contribution < 1.29 is 18.7 Å². The molecule has 1 aliphatic rings. The number of nitrogens with one attached hydrogen (secondary N) is 1. The molecule has 3 heterocycles. The molecule has 1 atom stereocenters. The maximum Gasteiger partial charge on any atom is 0.323 e. The first-order valence-electron chi connectivity index (χ1n) is 12.8. The van der Waals surface area contributed by atoms with E-state index < -0.39 is 6.04 Å². The Morgan fingerprint density at radius 3 is 2.55 bits per heavy atom. The number of para-hydroxylation sites is 1. The Morgan fingerprint density at radius 2 is 1.80 bits per heavy atom. The number of carbonyl (C=O) groups is 1. The summed E-state index contributed by atoms with van der Waals surface area (Å²) in [6.07, 6.45) is 1.95. The van der Waals surface area contributed by atoms with E-state index in [-0.39, 0.29) is 18.4 Å². The lowest BCUT2D eigenvalue weighted by Gasteiger charge is -2.31. The van der Waals surface area contributed by atoms with Crippen LogP contribution in [0.25, 0.3) is 11.5 Å². The Morgan fingerprint density at radius 1 is 0.975 bits per heavy atom. The second-order valence-corrected chi connectivity index (χ2v) is 9.52. The van der Waals surface area contributed by atoms with Crippen LogP contribution < -0.4 is 14.8 Å². The molecular weight excluding hydrogens is 509 g/mol. The zero-order valence-electron chi connectivity index (χ0n) is 22.3. The number of ether oxygens (including phenoxy) is 2. The number of urea groups is 1. The third-order valence-corrected chi connectivity index (χ3v) is 7.16. The first-order valence-corrected chi connectivity index (χ1v) is 12.8. The summed E-state index contributed by atoms with van der Waals surface area (Å²) < 4.78 is 29.3. The van der Waals surface area contributed by atoms with Crippen LogP contribution in [-0.4, -0.2) is 39.5 Å². The van der Waals surface area contributed by atoms with Crippen LogP contribution in [0.1, 0.15) is 28.6 Å². The molecule has 0 fully saturated rings. The lowest BCUT2D eigenvalue weighted by atomic mass is 10.0. The summed E-state index contributed by atoms with van der Waals surface area (Å²) in [4.78, 5) is 15.8. The lowest BCUT2D eigenvalue weighted by molar-refractivity contribution is 0.194. The Hall–Kier alpha value is -5.05. The molecule has 0 bridgehead atoms. The standard InChI is InChI=1S/C31H28FN5O3/c1-20-25-19-36(31(38)33-26-15-14-24(39-2)18-28(26)40-3)29(21-9-7-10-22(32)17-21)27-13-8-16-35(27)30(25)37(34-20)23-11-5-4-6-12-23/h4-18,29H,19H2,1-3H3,(H,33,38)/t29-/m0/s1. The maximum absolute atomic E-state index is 14.6. The quantitative estimate of drug-likeness (QED) is 0.287. The predicted molar refractivity (Wildman–Crippen MR) is 150 cm³/mol. The molecule has 0 aliphatic carbocycles. The molecule has 1 N–H and O–H groups in total. The average Bonchev–Trinajstić information content (AvgIpc) is 3.53. The van der Waals surface area contributed by atoms with E-state index in [1.54, 1.807) is 36.3 Å². The highest BCUT2D eigenvalue weighted by Gasteiger charge is 2.36. The van der Waals surface area contributed by atoms with Crippen LogP contribution in [0.4, 0.5) is 14.9 Å². The van der Waals surface area contributed by atoms with E-state index in [1.165, 1.54) is 19.2 Å². The van der Waals surface area contributed by atoms with E-state index in [2.05, 4.69) is 5.32 Å². The van der Waals surface area contributed by atoms with Crippen LogP contribution in [0, 0.1) is 12.7 Å². The van der Waals surface area contributed by atoms with Gasteiger partial charge in [0.05, 0.1) is 49.6 Å². The normalized spacial score (nSPS) is 14.2. The predicted octanol–water partition coefficient (Wildman–Crippen LogP) is 6.26. The smallest absolute Gasteiger partial charge is 0.323 e. The number of hydrogen-bond donors (Lipinski definition) is 1. The molecule has 40 heavy (non-hydrogen) atoms. The monoisotopic (exact) mass is 537 g/mol. The van der Waals surface area contributed by atoms with E-state index in [0.29, 0.717) is 22.7 Å². The molecule has 0 saturated carbocycles. The summed E-state index contributed by atoms with van der Waals surface area (Å²) in [6, 6.07) is 24.4. The number of hydrogen-bond acceptors (Lipinski definition) is 4. The van der Waals surface area contributed by atoms with Gasteiger partial charge < -0.3 is 24.3 Å². The summed E-state index contributed by atoms with van der Waals surface area (Å²) in [6.45, 7) is 2.17. The summed E-state index contributed by atoms with van der Waals surface area (Å²) >= 11 is 0. The first-order chi connectivity index (χ1) is 19.5. The number of anilines is 1. The fourth-order valence-electron chi connectivity index (χ4n) is 5.27. The molecule has 8 nitrogen and oxygen atoms in total. The molecule has 2 amide bonds. The molecule has 0 spiro atoms. The number of rotatable bonds is 5. The van der Waals surface area contributed by atoms with Crippen molar-refractivity contribution in [1.82, 2.24) is 19.2 Å². The van der Waals surface area contributed by atoms with Crippen molar-refractivity contribution >= 4 is 11.7 Å². The van der Waals surface area contributed by atoms with Crippen LogP contribution in [-0.2, 0) is 6.54 Å². The minimum atomic E-state index is -0.592. The van der Waals surface area contributed by atoms with Crippen molar-refractivity contribution in [3.05, 3.63) is 119 Å². The summed E-state index contributed by atoms with van der Waals surface area (Å²) in [7, 11) is 3.10. The number of fused-ring (bicyclic) bond motifs is 3. The minimum absolute atomic E-state index is 0.237. The van der Waals surface area contributed by atoms with E-state index in [9.17, 15) is 9.18 Å². The number of amides is 2. The van der Waals surface area contributed by atoms with Crippen molar-refractivity contribution in [2.24, 2.45) is 0 Å². The van der Waals surface area contributed by atoms with Gasteiger partial charge in [-0.1, -0.05) is 30.3 Å². The number of aryl methyl sites for hydroxylation is 1. The third kappa shape index (κ3) is 4.35. The number of nitrogens with zero attached hydrogens (tertiary/aromatic N) is 4. The molecule has 0 unspecified atom stereocenters. The van der Waals surface area contributed by atoms with Crippen molar-refractivity contribution in [3.63, 3.8) is 0 Å². The van der Waals surface area contributed by atoms with Gasteiger partial charge in [-0.15, -0.1) is 0 Å². The topological polar surface area (TPSA) is 73.5 Å². The second-order valence-electron chi connectivity index (χ2n) is 9.52. The molecule has 2 aromatic heterocycles. The van der Waals surface area contributed by atoms with Crippen LogP contribution in [0.2, 0.25) is 0 Å². The SMILES string of the molecule is COc1ccc(NC(=O)N2Cc3c(C)nn(-c4ccccc4)c3-n3cccc3[C@@H]2c2cccc(F)c2)c(OC)c1. The molecule has 202 valence electrons. The maximum atomic E-state index is 14.6. The average molecular weight is 538 g/mol. The van der Waals surface area contributed by atoms with E-state index in [4.69, 9.17) is 14.6 Å². The molecule has 5 aromatic rings. The largest absolute Gasteiger partial charge is 0.497 e. The fourth-order valence-corrected chi connectivity index (χ4v) is 5.27. The van der Waals surface area contributed by atoms with Crippen LogP contribution >= 0.6 is 0 Å². The number of halogens is 1. The molecule has 0 saturated heterocycles. The first kappa shape index (κ1) is 25.2. The van der Waals surface area contributed by atoms with Gasteiger partial charge in [-0.25, -0.2) is 13.9 Å². The molecular formula is C31H28FN5O3. The number of methoxy groups -OCH3 is 2. The Labute approximate surface area is 231 Å². The van der Waals surface area contributed by atoms with E-state index in [1.807, 2.05) is 70.9 Å². The second kappa shape index (κ2) is 10.3. The summed E-state index contributed by atoms with van der Waals surface area (Å²) in [5.41, 5.74) is 4.52. The lowest BCUT2D eigenvalue weighted by Crippen LogP contribution is -2.38. The zero-order chi connectivity index (χ0) is 27.8. The Bertz CT molecular complexity index is 1690. The highest BCUT2D eigenvalue weighted by atomic mass is 19.1. The minimum Gasteiger partial charge on any atom is -0.497 e. The number of benzene rings is 3. The highest BCUT2D eigenvalue weighted by molar-refractivity contribution is 5.92. The molecule has 6 rings (SSSR count). The Balaban J connectivity index is 1.52. The van der Waals surface area contributed by atoms with Gasteiger partial charge in [0.15, 0.2) is 0 Å². The van der Waals surface area contributed by atoms with Crippen LogP contribution in [0.5, 0.6) is 11.5 Å². The highest BCUT2D eigenvalue weighted by Crippen LogP contribution is 2.39. The van der Waals surface area contributed by atoms with E-state index in [0.717, 1.165) is 28.5 Å². The van der Waals surface area contributed by atoms with Gasteiger partial charge in [0.1, 0.15) is 23.1 Å². The van der Waals surface area contributed by atoms with Gasteiger partial charge in [0, 0.05) is 17.8 Å². The third-order valence-electron chi connectivity index (χ3n) is 7.16. The number of carbonyl (C=O) groups excluding carboxylic acids is 1. The van der Waals surface area contributed by atoms with Gasteiger partial charge in [0.25, 0.3) is 0 Å². The van der Waals surface area contributed by atoms with Crippen molar-refractivity contribution in [3.8, 4) is 23.0 Å². The summed E-state index contributed by atoms with van der Waals surface area (Å²) in [5, 5.41) is 7.87. The van der Waals surface area contributed by atoms with Gasteiger partial charge in [-0.3, -0.25) is 0 Å². The molecule has 9 heteroatoms. The van der Waals surface area contributed by atoms with Crippen molar-refractivity contribution in [1.29, 1.82) is 0 Å². The van der Waals surface area contributed by atoms with Gasteiger partial charge in [-0.2, -0.15) is 5.10 Å². The fraction of sp³-hybridized carbons (Fsp3) is 0.161. The zero-order valence-corrected chi connectivity index (χ0v) is 22.3. The van der Waals surface area contributed by atoms with E-state index >= 15 is 0 Å². The van der Waals surface area contributed by atoms with Crippen molar-refractivity contribution in [2.45, 2.75) is 19.5 Å². The van der Waals surface area contributed by atoms with Crippen LogP contribution in [0.3, 0.4) is 0 Å².